The quantitative estimate of drug-likeness (QED) is 0.595. The van der Waals surface area contributed by atoms with Crippen LogP contribution < -0.4 is 16.2 Å². The number of aromatic nitrogens is 3. The van der Waals surface area contributed by atoms with Crippen LogP contribution in [0.15, 0.2) is 29.2 Å². The van der Waals surface area contributed by atoms with Gasteiger partial charge in [-0.15, -0.1) is 5.10 Å². The molecule has 2 aromatic heterocycles. The monoisotopic (exact) mass is 419 g/mol. The van der Waals surface area contributed by atoms with Gasteiger partial charge < -0.3 is 20.7 Å². The minimum Gasteiger partial charge on any atom is -0.477 e. The molecule has 1 atom stereocenters. The van der Waals surface area contributed by atoms with Crippen LogP contribution in [0.25, 0.3) is 5.52 Å². The molecule has 1 aliphatic heterocycles. The summed E-state index contributed by atoms with van der Waals surface area (Å²) in [7, 11) is 0. The molecule has 1 fully saturated rings. The maximum atomic E-state index is 13.8. The summed E-state index contributed by atoms with van der Waals surface area (Å²) in [5.41, 5.74) is 6.49. The highest BCUT2D eigenvalue weighted by atomic mass is 35.5. The van der Waals surface area contributed by atoms with Crippen molar-refractivity contribution < 1.29 is 14.3 Å². The zero-order valence-corrected chi connectivity index (χ0v) is 16.1. The van der Waals surface area contributed by atoms with E-state index in [0.29, 0.717) is 35.1 Å². The molecular formula is C19H19ClFN5O3. The van der Waals surface area contributed by atoms with E-state index < -0.39 is 17.3 Å². The molecule has 0 spiro atoms. The molecule has 8 nitrogen and oxygen atoms in total. The summed E-state index contributed by atoms with van der Waals surface area (Å²) in [5, 5.41) is 14.1. The molecule has 0 radical (unpaired) electrons. The van der Waals surface area contributed by atoms with Gasteiger partial charge in [0.1, 0.15) is 17.0 Å². The number of carboxylic acids is 1. The first-order valence-corrected chi connectivity index (χ1v) is 9.53. The summed E-state index contributed by atoms with van der Waals surface area (Å²) in [5.74, 6) is -1.19. The van der Waals surface area contributed by atoms with Gasteiger partial charge in [0.25, 0.3) is 5.56 Å². The van der Waals surface area contributed by atoms with E-state index in [9.17, 15) is 19.1 Å². The number of carboxylic acid groups (broad SMARTS) is 1. The fraction of sp³-hybridized carbons (Fsp3) is 0.316. The number of H-pyrrole nitrogens is 1. The Hall–Kier alpha value is -2.91. The van der Waals surface area contributed by atoms with Crippen LogP contribution in [-0.4, -0.2) is 44.8 Å². The number of fused-ring (bicyclic) bond motifs is 1. The molecule has 0 unspecified atom stereocenters. The fourth-order valence-electron chi connectivity index (χ4n) is 3.72. The Balaban J connectivity index is 1.91. The molecule has 1 aliphatic rings. The highest BCUT2D eigenvalue weighted by molar-refractivity contribution is 6.31. The van der Waals surface area contributed by atoms with E-state index in [0.717, 1.165) is 12.8 Å². The smallest absolute Gasteiger partial charge is 0.354 e. The maximum Gasteiger partial charge on any atom is 0.354 e. The maximum absolute atomic E-state index is 13.8. The van der Waals surface area contributed by atoms with Gasteiger partial charge in [-0.2, -0.15) is 0 Å². The summed E-state index contributed by atoms with van der Waals surface area (Å²) < 4.78 is 15.0. The molecule has 0 bridgehead atoms. The van der Waals surface area contributed by atoms with Crippen LogP contribution >= 0.6 is 11.6 Å². The van der Waals surface area contributed by atoms with Gasteiger partial charge in [0.2, 0.25) is 0 Å². The SMILES string of the molecule is N[C@@H]1CCCN(c2nn3cc(C(=O)O)[nH]c(=O)c3c2Cc2cc(F)ccc2Cl)C1. The third kappa shape index (κ3) is 3.70. The van der Waals surface area contributed by atoms with Gasteiger partial charge in [0.15, 0.2) is 5.82 Å². The van der Waals surface area contributed by atoms with E-state index in [2.05, 4.69) is 10.1 Å². The first kappa shape index (κ1) is 19.4. The molecule has 152 valence electrons. The van der Waals surface area contributed by atoms with Crippen molar-refractivity contribution in [2.75, 3.05) is 18.0 Å². The number of benzene rings is 1. The largest absolute Gasteiger partial charge is 0.477 e. The number of nitrogens with two attached hydrogens (primary N) is 1. The third-order valence-electron chi connectivity index (χ3n) is 5.06. The number of aromatic carboxylic acids is 1. The second kappa shape index (κ2) is 7.49. The van der Waals surface area contributed by atoms with Crippen LogP contribution in [0.1, 0.15) is 34.5 Å². The lowest BCUT2D eigenvalue weighted by Gasteiger charge is -2.31. The Morgan fingerprint density at radius 2 is 2.24 bits per heavy atom. The molecular weight excluding hydrogens is 401 g/mol. The van der Waals surface area contributed by atoms with Crippen molar-refractivity contribution in [2.45, 2.75) is 25.3 Å². The van der Waals surface area contributed by atoms with Crippen molar-refractivity contribution in [3.05, 3.63) is 62.4 Å². The van der Waals surface area contributed by atoms with Crippen LogP contribution in [0, 0.1) is 5.82 Å². The number of hydrogen-bond acceptors (Lipinski definition) is 5. The van der Waals surface area contributed by atoms with Gasteiger partial charge >= 0.3 is 5.97 Å². The van der Waals surface area contributed by atoms with Crippen molar-refractivity contribution in [2.24, 2.45) is 5.73 Å². The van der Waals surface area contributed by atoms with Crippen LogP contribution in [-0.2, 0) is 6.42 Å². The summed E-state index contributed by atoms with van der Waals surface area (Å²) in [6, 6.07) is 4.00. The minimum atomic E-state index is -1.27. The van der Waals surface area contributed by atoms with E-state index in [4.69, 9.17) is 17.3 Å². The molecule has 3 heterocycles. The predicted molar refractivity (Wildman–Crippen MR) is 106 cm³/mol. The number of hydrogen-bond donors (Lipinski definition) is 3. The normalized spacial score (nSPS) is 17.1. The van der Waals surface area contributed by atoms with Gasteiger partial charge in [-0.25, -0.2) is 13.7 Å². The van der Waals surface area contributed by atoms with Gasteiger partial charge in [-0.3, -0.25) is 4.79 Å². The Bertz CT molecular complexity index is 1160. The highest BCUT2D eigenvalue weighted by Gasteiger charge is 2.26. The molecule has 4 N–H and O–H groups in total. The molecule has 0 aliphatic carbocycles. The minimum absolute atomic E-state index is 0.0352. The number of carbonyl (C=O) groups is 1. The number of nitrogens with one attached hydrogen (secondary N) is 1. The summed E-state index contributed by atoms with van der Waals surface area (Å²) in [6.45, 7) is 1.25. The third-order valence-corrected chi connectivity index (χ3v) is 5.43. The molecule has 4 rings (SSSR count). The number of piperidine rings is 1. The fourth-order valence-corrected chi connectivity index (χ4v) is 3.91. The van der Waals surface area contributed by atoms with E-state index in [1.807, 2.05) is 4.90 Å². The lowest BCUT2D eigenvalue weighted by molar-refractivity contribution is 0.0689. The predicted octanol–water partition coefficient (Wildman–Crippen LogP) is 2.03. The number of halogens is 2. The molecule has 1 saturated heterocycles. The molecule has 0 amide bonds. The summed E-state index contributed by atoms with van der Waals surface area (Å²) >= 11 is 6.24. The molecule has 3 aromatic rings. The second-order valence-corrected chi connectivity index (χ2v) is 7.57. The second-order valence-electron chi connectivity index (χ2n) is 7.16. The standard InChI is InChI=1S/C19H19ClFN5O3/c20-14-4-3-11(21)6-10(14)7-13-16-18(27)23-15(19(28)29)9-26(16)24-17(13)25-5-1-2-12(22)8-25/h3-4,6,9,12H,1-2,5,7-8,22H2,(H,23,27)(H,28,29)/t12-/m1/s1. The first-order valence-electron chi connectivity index (χ1n) is 9.15. The Labute approximate surface area is 169 Å². The number of aromatic amines is 1. The van der Waals surface area contributed by atoms with Crippen LogP contribution in [0.4, 0.5) is 10.2 Å². The number of rotatable bonds is 4. The number of anilines is 1. The van der Waals surface area contributed by atoms with E-state index >= 15 is 0 Å². The van der Waals surface area contributed by atoms with Crippen LogP contribution in [0.2, 0.25) is 5.02 Å². The van der Waals surface area contributed by atoms with Gasteiger partial charge in [-0.1, -0.05) is 11.6 Å². The van der Waals surface area contributed by atoms with Gasteiger partial charge in [-0.05, 0) is 36.6 Å². The summed E-state index contributed by atoms with van der Waals surface area (Å²) in [6.07, 6.45) is 3.17. The van der Waals surface area contributed by atoms with E-state index in [1.54, 1.807) is 0 Å². The highest BCUT2D eigenvalue weighted by Crippen LogP contribution is 2.30. The van der Waals surface area contributed by atoms with Gasteiger partial charge in [0, 0.05) is 36.1 Å². The summed E-state index contributed by atoms with van der Waals surface area (Å²) in [4.78, 5) is 28.3. The molecule has 1 aromatic carbocycles. The van der Waals surface area contributed by atoms with Crippen LogP contribution in [0.5, 0.6) is 0 Å². The Morgan fingerprint density at radius 3 is 2.97 bits per heavy atom. The average Bonchev–Trinajstić information content (AvgIpc) is 3.03. The average molecular weight is 420 g/mol. The van der Waals surface area contributed by atoms with Crippen molar-refractivity contribution in [1.29, 1.82) is 0 Å². The number of nitrogens with zero attached hydrogens (tertiary/aromatic N) is 3. The van der Waals surface area contributed by atoms with Crippen LogP contribution in [0.3, 0.4) is 0 Å². The van der Waals surface area contributed by atoms with Crippen molar-refractivity contribution in [3.8, 4) is 0 Å². The van der Waals surface area contributed by atoms with Crippen molar-refractivity contribution in [1.82, 2.24) is 14.6 Å². The molecule has 29 heavy (non-hydrogen) atoms. The first-order chi connectivity index (χ1) is 13.8. The zero-order valence-electron chi connectivity index (χ0n) is 15.4. The molecule has 0 saturated carbocycles. The van der Waals surface area contributed by atoms with Gasteiger partial charge in [0.05, 0.1) is 6.20 Å². The Morgan fingerprint density at radius 1 is 1.45 bits per heavy atom. The van der Waals surface area contributed by atoms with Crippen molar-refractivity contribution >= 4 is 28.9 Å². The zero-order chi connectivity index (χ0) is 20.7. The van der Waals surface area contributed by atoms with E-state index in [1.165, 1.54) is 28.9 Å². The topological polar surface area (TPSA) is 117 Å². The molecule has 10 heteroatoms. The lowest BCUT2D eigenvalue weighted by Crippen LogP contribution is -2.43. The lowest BCUT2D eigenvalue weighted by atomic mass is 10.0. The Kier molecular flexibility index (Phi) is 5.01. The van der Waals surface area contributed by atoms with E-state index in [-0.39, 0.29) is 23.7 Å². The van der Waals surface area contributed by atoms with Crippen molar-refractivity contribution in [3.63, 3.8) is 0 Å².